The third kappa shape index (κ3) is 7.34. The van der Waals surface area contributed by atoms with Crippen LogP contribution in [-0.4, -0.2) is 59.1 Å². The van der Waals surface area contributed by atoms with Gasteiger partial charge in [0, 0.05) is 52.0 Å². The van der Waals surface area contributed by atoms with Gasteiger partial charge >= 0.3 is 0 Å². The van der Waals surface area contributed by atoms with Crippen molar-refractivity contribution >= 4 is 0 Å². The van der Waals surface area contributed by atoms with Crippen LogP contribution in [-0.2, 0) is 6.42 Å². The van der Waals surface area contributed by atoms with E-state index >= 15 is 0 Å². The zero-order valence-corrected chi connectivity index (χ0v) is 19.3. The quantitative estimate of drug-likeness (QED) is 0.558. The van der Waals surface area contributed by atoms with Crippen molar-refractivity contribution in [3.05, 3.63) is 60.7 Å². The summed E-state index contributed by atoms with van der Waals surface area (Å²) in [6.07, 6.45) is 17.3. The molecule has 2 unspecified atom stereocenters. The molecule has 0 aliphatic carbocycles. The molecule has 0 amide bonds. The average molecular weight is 399 g/mol. The highest BCUT2D eigenvalue weighted by Crippen LogP contribution is 2.19. The van der Waals surface area contributed by atoms with Gasteiger partial charge in [0.05, 0.1) is 6.17 Å². The Balaban J connectivity index is 0.000000234. The Labute approximate surface area is 179 Å². The van der Waals surface area contributed by atoms with E-state index in [9.17, 15) is 0 Å². The van der Waals surface area contributed by atoms with Crippen LogP contribution in [0.5, 0.6) is 0 Å². The number of hydrogen-bond acceptors (Lipinski definition) is 4. The molecule has 1 aromatic carbocycles. The summed E-state index contributed by atoms with van der Waals surface area (Å²) in [5.74, 6) is 0. The highest BCUT2D eigenvalue weighted by Gasteiger charge is 2.22. The summed E-state index contributed by atoms with van der Waals surface area (Å²) >= 11 is 0. The fraction of sp³-hybridized carbons (Fsp3) is 0.600. The first kappa shape index (κ1) is 23.2. The van der Waals surface area contributed by atoms with Crippen LogP contribution in [0.2, 0.25) is 0 Å². The first-order valence-corrected chi connectivity index (χ1v) is 11.4. The van der Waals surface area contributed by atoms with Crippen LogP contribution in [0.15, 0.2) is 55.1 Å². The number of nitrogens with zero attached hydrogens (tertiary/aromatic N) is 4. The molecular weight excluding hydrogens is 356 g/mol. The predicted molar refractivity (Wildman–Crippen MR) is 125 cm³/mol. The van der Waals surface area contributed by atoms with Crippen molar-refractivity contribution in [1.29, 1.82) is 0 Å². The molecule has 4 heteroatoms. The van der Waals surface area contributed by atoms with Crippen molar-refractivity contribution in [2.24, 2.45) is 0 Å². The molecule has 0 saturated heterocycles. The Morgan fingerprint density at radius 3 is 1.93 bits per heavy atom. The lowest BCUT2D eigenvalue weighted by atomic mass is 10.1. The largest absolute Gasteiger partial charge is 0.359 e. The van der Waals surface area contributed by atoms with Gasteiger partial charge in [0.15, 0.2) is 0 Å². The van der Waals surface area contributed by atoms with E-state index in [1.165, 1.54) is 50.8 Å². The topological polar surface area (TPSA) is 13.0 Å². The second-order valence-electron chi connectivity index (χ2n) is 8.25. The van der Waals surface area contributed by atoms with E-state index in [2.05, 4.69) is 110 Å². The van der Waals surface area contributed by atoms with Crippen molar-refractivity contribution in [3.63, 3.8) is 0 Å². The summed E-state index contributed by atoms with van der Waals surface area (Å²) in [6.45, 7) is 9.08. The van der Waals surface area contributed by atoms with Gasteiger partial charge < -0.3 is 19.6 Å². The minimum atomic E-state index is 0.539. The maximum Gasteiger partial charge on any atom is 0.101 e. The van der Waals surface area contributed by atoms with Gasteiger partial charge in [-0.25, -0.2) is 0 Å². The van der Waals surface area contributed by atoms with Crippen LogP contribution >= 0.6 is 0 Å². The average Bonchev–Trinajstić information content (AvgIpc) is 3.26. The van der Waals surface area contributed by atoms with Crippen LogP contribution in [0.25, 0.3) is 0 Å². The number of rotatable bonds is 9. The summed E-state index contributed by atoms with van der Waals surface area (Å²) in [5, 5.41) is 0. The van der Waals surface area contributed by atoms with E-state index in [0.717, 1.165) is 6.42 Å². The van der Waals surface area contributed by atoms with Crippen LogP contribution < -0.4 is 0 Å². The summed E-state index contributed by atoms with van der Waals surface area (Å²) < 4.78 is 0. The lowest BCUT2D eigenvalue weighted by Gasteiger charge is -2.30. The Morgan fingerprint density at radius 1 is 0.759 bits per heavy atom. The zero-order chi connectivity index (χ0) is 21.1. The minimum absolute atomic E-state index is 0.539. The summed E-state index contributed by atoms with van der Waals surface area (Å²) in [5.41, 5.74) is 1.44. The third-order valence-electron chi connectivity index (χ3n) is 5.98. The lowest BCUT2D eigenvalue weighted by Crippen LogP contribution is -2.37. The molecule has 2 aliphatic rings. The molecule has 4 nitrogen and oxygen atoms in total. The summed E-state index contributed by atoms with van der Waals surface area (Å²) in [4.78, 5) is 9.42. The molecule has 29 heavy (non-hydrogen) atoms. The number of unbranched alkanes of at least 4 members (excludes halogenated alkanes) is 2. The van der Waals surface area contributed by atoms with Crippen molar-refractivity contribution in [2.75, 3.05) is 27.2 Å². The van der Waals surface area contributed by atoms with Crippen molar-refractivity contribution in [1.82, 2.24) is 19.6 Å². The molecule has 1 aromatic rings. The Hall–Kier alpha value is -2.10. The SMILES string of the molecule is CCCCN1C=CN(C)C1C.CCCCN1C=CN(C)C1CCc1ccccc1. The molecule has 0 aromatic heterocycles. The molecule has 0 spiro atoms. The molecular formula is C25H42N4. The van der Waals surface area contributed by atoms with Crippen molar-refractivity contribution in [3.8, 4) is 0 Å². The van der Waals surface area contributed by atoms with E-state index < -0.39 is 0 Å². The highest BCUT2D eigenvalue weighted by atomic mass is 15.4. The summed E-state index contributed by atoms with van der Waals surface area (Å²) in [6, 6.07) is 10.8. The fourth-order valence-electron chi connectivity index (χ4n) is 3.77. The van der Waals surface area contributed by atoms with Gasteiger partial charge in [-0.3, -0.25) is 0 Å². The van der Waals surface area contributed by atoms with E-state index in [1.54, 1.807) is 0 Å². The Morgan fingerprint density at radius 2 is 1.34 bits per heavy atom. The summed E-state index contributed by atoms with van der Waals surface area (Å²) in [7, 11) is 4.30. The Kier molecular flexibility index (Phi) is 9.96. The molecule has 3 rings (SSSR count). The van der Waals surface area contributed by atoms with Crippen LogP contribution in [0.3, 0.4) is 0 Å². The molecule has 0 N–H and O–H groups in total. The van der Waals surface area contributed by atoms with Gasteiger partial charge in [-0.1, -0.05) is 57.0 Å². The van der Waals surface area contributed by atoms with Gasteiger partial charge in [-0.2, -0.15) is 0 Å². The van der Waals surface area contributed by atoms with Crippen molar-refractivity contribution < 1.29 is 0 Å². The number of hydrogen-bond donors (Lipinski definition) is 0. The maximum absolute atomic E-state index is 2.48. The molecule has 2 aliphatic heterocycles. The second-order valence-corrected chi connectivity index (χ2v) is 8.25. The van der Waals surface area contributed by atoms with Gasteiger partial charge in [0.1, 0.15) is 6.17 Å². The van der Waals surface area contributed by atoms with E-state index in [0.29, 0.717) is 12.3 Å². The standard InChI is InChI=1S/C16H24N2.C9H18N2/c1-3-4-12-18-14-13-17(2)16(18)11-10-15-8-6-5-7-9-15;1-4-5-6-11-8-7-10(3)9(11)2/h5-9,13-14,16H,3-4,10-12H2,1-2H3;7-9H,4-6H2,1-3H3. The van der Waals surface area contributed by atoms with E-state index in [-0.39, 0.29) is 0 Å². The van der Waals surface area contributed by atoms with Crippen LogP contribution in [0, 0.1) is 0 Å². The van der Waals surface area contributed by atoms with E-state index in [4.69, 9.17) is 0 Å². The molecule has 162 valence electrons. The van der Waals surface area contributed by atoms with E-state index in [1.807, 2.05) is 0 Å². The number of aryl methyl sites for hydroxylation is 1. The molecule has 0 fully saturated rings. The molecule has 0 saturated carbocycles. The third-order valence-corrected chi connectivity index (χ3v) is 5.98. The zero-order valence-electron chi connectivity index (χ0n) is 19.3. The molecule has 2 atom stereocenters. The maximum atomic E-state index is 2.48. The first-order chi connectivity index (χ1) is 14.1. The first-order valence-electron chi connectivity index (χ1n) is 11.4. The second kappa shape index (κ2) is 12.5. The van der Waals surface area contributed by atoms with Gasteiger partial charge in [0.25, 0.3) is 0 Å². The van der Waals surface area contributed by atoms with Gasteiger partial charge in [-0.15, -0.1) is 0 Å². The molecule has 2 heterocycles. The number of benzene rings is 1. The van der Waals surface area contributed by atoms with Crippen molar-refractivity contribution in [2.45, 2.75) is 71.6 Å². The smallest absolute Gasteiger partial charge is 0.101 e. The minimum Gasteiger partial charge on any atom is -0.359 e. The highest BCUT2D eigenvalue weighted by molar-refractivity contribution is 5.15. The normalized spacial score (nSPS) is 20.4. The fourth-order valence-corrected chi connectivity index (χ4v) is 3.77. The molecule has 0 bridgehead atoms. The van der Waals surface area contributed by atoms with Gasteiger partial charge in [0.2, 0.25) is 0 Å². The van der Waals surface area contributed by atoms with Crippen LogP contribution in [0.1, 0.15) is 58.4 Å². The predicted octanol–water partition coefficient (Wildman–Crippen LogP) is 5.32. The van der Waals surface area contributed by atoms with Gasteiger partial charge in [-0.05, 0) is 38.2 Å². The monoisotopic (exact) mass is 398 g/mol. The lowest BCUT2D eigenvalue weighted by molar-refractivity contribution is 0.164. The Bertz CT molecular complexity index is 613. The molecule has 0 radical (unpaired) electrons. The van der Waals surface area contributed by atoms with Crippen LogP contribution in [0.4, 0.5) is 0 Å².